The summed E-state index contributed by atoms with van der Waals surface area (Å²) in [5, 5.41) is 4.41. The predicted octanol–water partition coefficient (Wildman–Crippen LogP) is 6.46. The Hall–Kier alpha value is -3.84. The van der Waals surface area contributed by atoms with Gasteiger partial charge in [-0.3, -0.25) is 18.9 Å². The van der Waals surface area contributed by atoms with Crippen LogP contribution in [-0.4, -0.2) is 45.3 Å². The lowest BCUT2D eigenvalue weighted by Gasteiger charge is -2.24. The Morgan fingerprint density at radius 2 is 1.63 bits per heavy atom. The van der Waals surface area contributed by atoms with Crippen molar-refractivity contribution in [2.45, 2.75) is 44.6 Å². The van der Waals surface area contributed by atoms with Gasteiger partial charge < -0.3 is 10.1 Å². The van der Waals surface area contributed by atoms with Gasteiger partial charge in [0.1, 0.15) is 22.9 Å². The van der Waals surface area contributed by atoms with E-state index in [1.807, 2.05) is 47.0 Å². The number of carbonyl (C=O) groups excluding carboxylic acids is 2. The first-order valence-corrected chi connectivity index (χ1v) is 13.6. The van der Waals surface area contributed by atoms with Crippen molar-refractivity contribution >= 4 is 34.9 Å². The third kappa shape index (κ3) is 4.74. The van der Waals surface area contributed by atoms with Crippen molar-refractivity contribution in [3.8, 4) is 17.0 Å². The maximum absolute atomic E-state index is 12.5. The fourth-order valence-corrected chi connectivity index (χ4v) is 5.52. The fraction of sp³-hybridized carbons (Fsp3) is 0.300. The lowest BCUT2D eigenvalue weighted by molar-refractivity contribution is 0.0646. The topological polar surface area (TPSA) is 75.9 Å². The Balaban J connectivity index is 1.12. The van der Waals surface area contributed by atoms with Crippen LogP contribution in [0.5, 0.6) is 5.75 Å². The minimum Gasteiger partial charge on any atom is -0.494 e. The van der Waals surface area contributed by atoms with Crippen molar-refractivity contribution in [1.82, 2.24) is 14.3 Å². The molecule has 0 unspecified atom stereocenters. The van der Waals surface area contributed by atoms with Crippen LogP contribution in [0.2, 0.25) is 5.02 Å². The van der Waals surface area contributed by atoms with E-state index >= 15 is 0 Å². The van der Waals surface area contributed by atoms with Gasteiger partial charge in [0.25, 0.3) is 11.8 Å². The van der Waals surface area contributed by atoms with Crippen molar-refractivity contribution in [3.63, 3.8) is 0 Å². The standard InChI is InChI=1S/C30H29ClN4O3/c31-21-13-16-26-33-27(28(35(26)19-21)32-22-7-2-1-3-8-22)20-11-14-23(15-12-20)38-18-6-17-34-29(36)24-9-4-5-10-25(24)30(34)37/h4-5,9-16,19,22,32H,1-3,6-8,17-18H2. The molecule has 8 heteroatoms. The molecule has 0 radical (unpaired) electrons. The Labute approximate surface area is 226 Å². The molecule has 7 nitrogen and oxygen atoms in total. The van der Waals surface area contributed by atoms with E-state index < -0.39 is 0 Å². The number of carbonyl (C=O) groups is 2. The van der Waals surface area contributed by atoms with E-state index in [4.69, 9.17) is 21.3 Å². The van der Waals surface area contributed by atoms with Gasteiger partial charge in [0.05, 0.1) is 22.8 Å². The molecule has 1 aliphatic carbocycles. The van der Waals surface area contributed by atoms with Gasteiger partial charge in [-0.2, -0.15) is 0 Å². The van der Waals surface area contributed by atoms with Crippen LogP contribution >= 0.6 is 11.6 Å². The van der Waals surface area contributed by atoms with Crippen molar-refractivity contribution in [2.24, 2.45) is 0 Å². The van der Waals surface area contributed by atoms with E-state index in [0.717, 1.165) is 41.3 Å². The smallest absolute Gasteiger partial charge is 0.261 e. The highest BCUT2D eigenvalue weighted by Crippen LogP contribution is 2.33. The van der Waals surface area contributed by atoms with E-state index in [0.29, 0.717) is 41.8 Å². The molecule has 2 amide bonds. The monoisotopic (exact) mass is 528 g/mol. The second-order valence-corrected chi connectivity index (χ2v) is 10.3. The second-order valence-electron chi connectivity index (χ2n) is 9.90. The number of rotatable bonds is 8. The zero-order valence-corrected chi connectivity index (χ0v) is 21.8. The summed E-state index contributed by atoms with van der Waals surface area (Å²) in [6, 6.07) is 19.0. The van der Waals surface area contributed by atoms with E-state index in [1.165, 1.54) is 24.2 Å². The zero-order chi connectivity index (χ0) is 26.1. The Bertz CT molecular complexity index is 1460. The molecule has 2 aromatic carbocycles. The molecule has 2 aliphatic rings. The van der Waals surface area contributed by atoms with Crippen LogP contribution in [0.4, 0.5) is 5.82 Å². The van der Waals surface area contributed by atoms with Gasteiger partial charge in [0, 0.05) is 24.3 Å². The molecule has 0 spiro atoms. The lowest BCUT2D eigenvalue weighted by atomic mass is 9.95. The van der Waals surface area contributed by atoms with Crippen LogP contribution in [0, 0.1) is 0 Å². The summed E-state index contributed by atoms with van der Waals surface area (Å²) in [6.07, 6.45) is 8.54. The van der Waals surface area contributed by atoms with Crippen molar-refractivity contribution < 1.29 is 14.3 Å². The van der Waals surface area contributed by atoms with Crippen LogP contribution in [0.3, 0.4) is 0 Å². The number of imide groups is 1. The van der Waals surface area contributed by atoms with Crippen molar-refractivity contribution in [2.75, 3.05) is 18.5 Å². The molecule has 1 saturated carbocycles. The van der Waals surface area contributed by atoms with E-state index in [-0.39, 0.29) is 11.8 Å². The molecule has 0 saturated heterocycles. The maximum atomic E-state index is 12.5. The zero-order valence-electron chi connectivity index (χ0n) is 21.0. The third-order valence-electron chi connectivity index (χ3n) is 7.33. The number of halogens is 1. The highest BCUT2D eigenvalue weighted by atomic mass is 35.5. The second kappa shape index (κ2) is 10.5. The van der Waals surface area contributed by atoms with E-state index in [1.54, 1.807) is 24.3 Å². The summed E-state index contributed by atoms with van der Waals surface area (Å²) in [7, 11) is 0. The molecule has 0 atom stereocenters. The maximum Gasteiger partial charge on any atom is 0.261 e. The Morgan fingerprint density at radius 3 is 2.34 bits per heavy atom. The van der Waals surface area contributed by atoms with Gasteiger partial charge >= 0.3 is 0 Å². The first kappa shape index (κ1) is 24.5. The SMILES string of the molecule is O=C1c2ccccc2C(=O)N1CCCOc1ccc(-c2nc3ccc(Cl)cn3c2NC2CCCCC2)cc1. The fourth-order valence-electron chi connectivity index (χ4n) is 5.36. The van der Waals surface area contributed by atoms with E-state index in [9.17, 15) is 9.59 Å². The number of hydrogen-bond acceptors (Lipinski definition) is 5. The van der Waals surface area contributed by atoms with Crippen LogP contribution < -0.4 is 10.1 Å². The number of ether oxygens (including phenoxy) is 1. The van der Waals surface area contributed by atoms with Gasteiger partial charge in [0.15, 0.2) is 0 Å². The number of aromatic nitrogens is 2. The predicted molar refractivity (Wildman–Crippen MR) is 148 cm³/mol. The average Bonchev–Trinajstić information content (AvgIpc) is 3.42. The van der Waals surface area contributed by atoms with Gasteiger partial charge in [-0.15, -0.1) is 0 Å². The highest BCUT2D eigenvalue weighted by Gasteiger charge is 2.34. The summed E-state index contributed by atoms with van der Waals surface area (Å²) in [5.41, 5.74) is 3.66. The van der Waals surface area contributed by atoms with Crippen LogP contribution in [0.15, 0.2) is 66.9 Å². The molecule has 1 fully saturated rings. The molecular formula is C30H29ClN4O3. The van der Waals surface area contributed by atoms with Gasteiger partial charge in [-0.25, -0.2) is 4.98 Å². The molecule has 1 aliphatic heterocycles. The highest BCUT2D eigenvalue weighted by molar-refractivity contribution is 6.30. The summed E-state index contributed by atoms with van der Waals surface area (Å²) in [5.74, 6) is 1.22. The van der Waals surface area contributed by atoms with Gasteiger partial charge in [0.2, 0.25) is 0 Å². The molecule has 0 bridgehead atoms. The number of imidazole rings is 1. The summed E-state index contributed by atoms with van der Waals surface area (Å²) >= 11 is 6.32. The molecular weight excluding hydrogens is 500 g/mol. The number of hydrogen-bond donors (Lipinski definition) is 1. The number of nitrogens with one attached hydrogen (secondary N) is 1. The normalized spacial score (nSPS) is 15.8. The molecule has 38 heavy (non-hydrogen) atoms. The number of nitrogens with zero attached hydrogens (tertiary/aromatic N) is 3. The first-order chi connectivity index (χ1) is 18.6. The van der Waals surface area contributed by atoms with Crippen LogP contribution in [-0.2, 0) is 0 Å². The Kier molecular flexibility index (Phi) is 6.77. The molecule has 2 aromatic heterocycles. The number of anilines is 1. The van der Waals surface area contributed by atoms with Crippen LogP contribution in [0.25, 0.3) is 16.9 Å². The largest absolute Gasteiger partial charge is 0.494 e. The minimum absolute atomic E-state index is 0.235. The third-order valence-corrected chi connectivity index (χ3v) is 7.55. The van der Waals surface area contributed by atoms with Crippen molar-refractivity contribution in [3.05, 3.63) is 83.0 Å². The summed E-state index contributed by atoms with van der Waals surface area (Å²) in [6.45, 7) is 0.721. The molecule has 3 heterocycles. The molecule has 1 N–H and O–H groups in total. The average molecular weight is 529 g/mol. The van der Waals surface area contributed by atoms with Gasteiger partial charge in [-0.1, -0.05) is 43.0 Å². The van der Waals surface area contributed by atoms with E-state index in [2.05, 4.69) is 5.32 Å². The number of fused-ring (bicyclic) bond motifs is 2. The molecule has 6 rings (SSSR count). The number of amides is 2. The minimum atomic E-state index is -0.235. The van der Waals surface area contributed by atoms with Gasteiger partial charge in [-0.05, 0) is 67.8 Å². The number of pyridine rings is 1. The summed E-state index contributed by atoms with van der Waals surface area (Å²) < 4.78 is 7.96. The van der Waals surface area contributed by atoms with Crippen LogP contribution in [0.1, 0.15) is 59.2 Å². The summed E-state index contributed by atoms with van der Waals surface area (Å²) in [4.78, 5) is 31.2. The van der Waals surface area contributed by atoms with Crippen molar-refractivity contribution in [1.29, 1.82) is 0 Å². The molecule has 194 valence electrons. The first-order valence-electron chi connectivity index (χ1n) is 13.2. The number of benzene rings is 2. The molecule has 4 aromatic rings. The lowest BCUT2D eigenvalue weighted by Crippen LogP contribution is -2.31. The quantitative estimate of drug-likeness (QED) is 0.210. The Morgan fingerprint density at radius 1 is 0.921 bits per heavy atom.